The van der Waals surface area contributed by atoms with E-state index in [4.69, 9.17) is 4.74 Å². The molecule has 0 bridgehead atoms. The number of hydrogen-bond donors (Lipinski definition) is 2. The number of pyridine rings is 1. The van der Waals surface area contributed by atoms with Gasteiger partial charge in [-0.2, -0.15) is 13.2 Å². The van der Waals surface area contributed by atoms with Crippen LogP contribution in [0.1, 0.15) is 25.0 Å². The summed E-state index contributed by atoms with van der Waals surface area (Å²) in [5, 5.41) is 6.39. The van der Waals surface area contributed by atoms with Crippen LogP contribution in [-0.4, -0.2) is 43.9 Å². The molecule has 1 aromatic carbocycles. The molecule has 0 unspecified atom stereocenters. The fraction of sp³-hybridized carbons (Fsp3) is 0.429. The van der Waals surface area contributed by atoms with Crippen LogP contribution >= 0.6 is 0 Å². The minimum absolute atomic E-state index is 0.180. The van der Waals surface area contributed by atoms with Crippen molar-refractivity contribution in [3.63, 3.8) is 0 Å². The van der Waals surface area contributed by atoms with Gasteiger partial charge in [0.2, 0.25) is 0 Å². The van der Waals surface area contributed by atoms with Crippen molar-refractivity contribution < 1.29 is 17.9 Å². The predicted molar refractivity (Wildman–Crippen MR) is 113 cm³/mol. The molecule has 2 N–H and O–H groups in total. The molecule has 164 valence electrons. The molecule has 0 saturated carbocycles. The molecule has 1 aromatic heterocycles. The maximum Gasteiger partial charge on any atom is 0.422 e. The van der Waals surface area contributed by atoms with Crippen LogP contribution in [0.3, 0.4) is 0 Å². The van der Waals surface area contributed by atoms with E-state index in [1.54, 1.807) is 19.2 Å². The summed E-state index contributed by atoms with van der Waals surface area (Å²) >= 11 is 0. The smallest absolute Gasteiger partial charge is 0.422 e. The molecule has 0 radical (unpaired) electrons. The van der Waals surface area contributed by atoms with Gasteiger partial charge in [0.1, 0.15) is 11.6 Å². The number of guanidine groups is 1. The number of hydrogen-bond acceptors (Lipinski definition) is 4. The summed E-state index contributed by atoms with van der Waals surface area (Å²) < 4.78 is 41.3. The van der Waals surface area contributed by atoms with Crippen molar-refractivity contribution in [2.45, 2.75) is 33.1 Å². The van der Waals surface area contributed by atoms with E-state index in [-0.39, 0.29) is 5.75 Å². The van der Waals surface area contributed by atoms with Gasteiger partial charge in [-0.15, -0.1) is 0 Å². The Balaban J connectivity index is 1.81. The van der Waals surface area contributed by atoms with Gasteiger partial charge in [0.05, 0.1) is 0 Å². The van der Waals surface area contributed by atoms with Gasteiger partial charge >= 0.3 is 6.18 Å². The highest BCUT2D eigenvalue weighted by Crippen LogP contribution is 2.18. The molecule has 9 heteroatoms. The predicted octanol–water partition coefficient (Wildman–Crippen LogP) is 3.73. The number of nitrogens with one attached hydrogen (secondary N) is 2. The Morgan fingerprint density at radius 3 is 2.10 bits per heavy atom. The fourth-order valence-electron chi connectivity index (χ4n) is 2.72. The molecule has 30 heavy (non-hydrogen) atoms. The van der Waals surface area contributed by atoms with Crippen molar-refractivity contribution in [2.24, 2.45) is 4.99 Å². The normalized spacial score (nSPS) is 11.9. The second-order valence-corrected chi connectivity index (χ2v) is 6.52. The summed E-state index contributed by atoms with van der Waals surface area (Å²) in [6.45, 7) is 5.75. The molecule has 0 saturated heterocycles. The molecule has 2 aromatic rings. The molecule has 0 spiro atoms. The van der Waals surface area contributed by atoms with Crippen LogP contribution in [0, 0.1) is 0 Å². The van der Waals surface area contributed by atoms with Crippen LogP contribution in [0.15, 0.2) is 47.6 Å². The first-order valence-corrected chi connectivity index (χ1v) is 9.77. The molecule has 0 aliphatic carbocycles. The Kier molecular flexibility index (Phi) is 8.76. The highest BCUT2D eigenvalue weighted by Gasteiger charge is 2.28. The molecular formula is C21H28F3N5O. The van der Waals surface area contributed by atoms with Gasteiger partial charge in [-0.25, -0.2) is 4.98 Å². The number of aromatic nitrogens is 1. The van der Waals surface area contributed by atoms with Gasteiger partial charge < -0.3 is 20.3 Å². The van der Waals surface area contributed by atoms with Crippen LogP contribution in [0.5, 0.6) is 5.75 Å². The van der Waals surface area contributed by atoms with E-state index in [9.17, 15) is 13.2 Å². The molecule has 0 atom stereocenters. The number of aliphatic imine (C=N–C) groups is 1. The molecule has 2 rings (SSSR count). The number of halogens is 3. The first-order chi connectivity index (χ1) is 14.3. The van der Waals surface area contributed by atoms with Gasteiger partial charge in [-0.1, -0.05) is 18.2 Å². The van der Waals surface area contributed by atoms with Crippen LogP contribution in [0.4, 0.5) is 19.0 Å². The molecule has 6 nitrogen and oxygen atoms in total. The maximum atomic E-state index is 12.2. The van der Waals surface area contributed by atoms with Crippen molar-refractivity contribution in [3.8, 4) is 5.75 Å². The molecule has 0 amide bonds. The fourth-order valence-corrected chi connectivity index (χ4v) is 2.72. The Morgan fingerprint density at radius 1 is 1.00 bits per heavy atom. The number of nitrogens with zero attached hydrogens (tertiary/aromatic N) is 3. The second kappa shape index (κ2) is 11.3. The van der Waals surface area contributed by atoms with E-state index in [0.717, 1.165) is 30.0 Å². The van der Waals surface area contributed by atoms with E-state index in [0.29, 0.717) is 19.0 Å². The zero-order chi connectivity index (χ0) is 22.0. The lowest BCUT2D eigenvalue weighted by molar-refractivity contribution is -0.153. The van der Waals surface area contributed by atoms with Crippen molar-refractivity contribution in [1.29, 1.82) is 0 Å². The van der Waals surface area contributed by atoms with Crippen LogP contribution in [-0.2, 0) is 13.1 Å². The number of rotatable bonds is 9. The SMILES string of the molecule is CCN(CC)c1ccc(CNC(=NC)NCc2ccc(OCC(F)(F)F)cc2)cn1. The van der Waals surface area contributed by atoms with Crippen molar-refractivity contribution in [1.82, 2.24) is 15.6 Å². The minimum atomic E-state index is -4.35. The van der Waals surface area contributed by atoms with Gasteiger partial charge in [0.15, 0.2) is 12.6 Å². The lowest BCUT2D eigenvalue weighted by Crippen LogP contribution is -2.36. The van der Waals surface area contributed by atoms with Crippen molar-refractivity contribution >= 4 is 11.8 Å². The quantitative estimate of drug-likeness (QED) is 0.475. The number of ether oxygens (including phenoxy) is 1. The maximum absolute atomic E-state index is 12.2. The molecule has 0 aliphatic heterocycles. The van der Waals surface area contributed by atoms with E-state index in [1.807, 2.05) is 18.3 Å². The number of alkyl halides is 3. The molecule has 0 fully saturated rings. The van der Waals surface area contributed by atoms with Crippen LogP contribution < -0.4 is 20.3 Å². The monoisotopic (exact) mass is 423 g/mol. The van der Waals surface area contributed by atoms with E-state index in [1.165, 1.54) is 12.1 Å². The average molecular weight is 423 g/mol. The Morgan fingerprint density at radius 2 is 1.60 bits per heavy atom. The summed E-state index contributed by atoms with van der Waals surface area (Å²) in [5.41, 5.74) is 1.92. The molecular weight excluding hydrogens is 395 g/mol. The summed E-state index contributed by atoms with van der Waals surface area (Å²) in [6, 6.07) is 10.5. The highest BCUT2D eigenvalue weighted by molar-refractivity contribution is 5.79. The first-order valence-electron chi connectivity index (χ1n) is 9.77. The Labute approximate surface area is 175 Å². The van der Waals surface area contributed by atoms with E-state index in [2.05, 4.69) is 39.4 Å². The van der Waals surface area contributed by atoms with E-state index < -0.39 is 12.8 Å². The van der Waals surface area contributed by atoms with Crippen molar-refractivity contribution in [2.75, 3.05) is 31.6 Å². The second-order valence-electron chi connectivity index (χ2n) is 6.52. The van der Waals surface area contributed by atoms with Gasteiger partial charge in [0, 0.05) is 39.4 Å². The van der Waals surface area contributed by atoms with Gasteiger partial charge in [-0.3, -0.25) is 4.99 Å². The summed E-state index contributed by atoms with van der Waals surface area (Å²) in [5.74, 6) is 1.74. The number of anilines is 1. The Hall–Kier alpha value is -2.97. The van der Waals surface area contributed by atoms with Gasteiger partial charge in [-0.05, 0) is 43.2 Å². The first kappa shape index (κ1) is 23.3. The largest absolute Gasteiger partial charge is 0.484 e. The third kappa shape index (κ3) is 7.81. The van der Waals surface area contributed by atoms with Gasteiger partial charge in [0.25, 0.3) is 0 Å². The minimum Gasteiger partial charge on any atom is -0.484 e. The third-order valence-corrected chi connectivity index (χ3v) is 4.37. The van der Waals surface area contributed by atoms with Crippen molar-refractivity contribution in [3.05, 3.63) is 53.7 Å². The summed E-state index contributed by atoms with van der Waals surface area (Å²) in [6.07, 6.45) is -2.51. The zero-order valence-electron chi connectivity index (χ0n) is 17.5. The van der Waals surface area contributed by atoms with Crippen LogP contribution in [0.2, 0.25) is 0 Å². The summed E-state index contributed by atoms with van der Waals surface area (Å²) in [4.78, 5) is 10.9. The lowest BCUT2D eigenvalue weighted by Gasteiger charge is -2.19. The molecule has 1 heterocycles. The Bertz CT molecular complexity index is 788. The third-order valence-electron chi connectivity index (χ3n) is 4.37. The van der Waals surface area contributed by atoms with Crippen LogP contribution in [0.25, 0.3) is 0 Å². The lowest BCUT2D eigenvalue weighted by atomic mass is 10.2. The average Bonchev–Trinajstić information content (AvgIpc) is 2.74. The summed E-state index contributed by atoms with van der Waals surface area (Å²) in [7, 11) is 1.67. The standard InChI is InChI=1S/C21H28F3N5O/c1-4-29(5-2)19-11-8-17(13-26-19)14-28-20(25-3)27-12-16-6-9-18(10-7-16)30-15-21(22,23)24/h6-11,13H,4-5,12,14-15H2,1-3H3,(H2,25,27,28). The highest BCUT2D eigenvalue weighted by atomic mass is 19.4. The number of benzene rings is 1. The molecule has 0 aliphatic rings. The zero-order valence-corrected chi connectivity index (χ0v) is 17.5. The van der Waals surface area contributed by atoms with E-state index >= 15 is 0 Å². The topological polar surface area (TPSA) is 61.8 Å².